The molecule has 0 amide bonds. The highest BCUT2D eigenvalue weighted by atomic mass is 79.9. The summed E-state index contributed by atoms with van der Waals surface area (Å²) in [6, 6.07) is 16.4. The van der Waals surface area contributed by atoms with Crippen molar-refractivity contribution in [3.05, 3.63) is 58.6 Å². The number of benzene rings is 2. The van der Waals surface area contributed by atoms with E-state index >= 15 is 0 Å². The number of hydrogen-bond donors (Lipinski definition) is 1. The summed E-state index contributed by atoms with van der Waals surface area (Å²) in [7, 11) is 0. The predicted octanol–water partition coefficient (Wildman–Crippen LogP) is 4.04. The van der Waals surface area contributed by atoms with E-state index in [1.807, 2.05) is 31.2 Å². The van der Waals surface area contributed by atoms with E-state index in [0.29, 0.717) is 6.42 Å². The largest absolute Gasteiger partial charge is 0.393 e. The Balaban J connectivity index is 2.44. The van der Waals surface area contributed by atoms with Crippen LogP contribution in [0.2, 0.25) is 0 Å². The zero-order valence-electron chi connectivity index (χ0n) is 9.73. The van der Waals surface area contributed by atoms with Gasteiger partial charge in [0.05, 0.1) is 6.10 Å². The quantitative estimate of drug-likeness (QED) is 0.905. The first-order chi connectivity index (χ1) is 8.16. The predicted molar refractivity (Wildman–Crippen MR) is 75.0 cm³/mol. The van der Waals surface area contributed by atoms with Gasteiger partial charge < -0.3 is 5.11 Å². The summed E-state index contributed by atoms with van der Waals surface area (Å²) in [5, 5.41) is 9.52. The van der Waals surface area contributed by atoms with Gasteiger partial charge >= 0.3 is 0 Å². The van der Waals surface area contributed by atoms with Crippen LogP contribution in [0.5, 0.6) is 0 Å². The van der Waals surface area contributed by atoms with Crippen LogP contribution in [0.25, 0.3) is 11.1 Å². The topological polar surface area (TPSA) is 20.2 Å². The van der Waals surface area contributed by atoms with Gasteiger partial charge in [-0.3, -0.25) is 0 Å². The molecule has 2 rings (SSSR count). The van der Waals surface area contributed by atoms with E-state index in [9.17, 15) is 5.11 Å². The van der Waals surface area contributed by atoms with Crippen LogP contribution in [0.4, 0.5) is 0 Å². The first-order valence-electron chi connectivity index (χ1n) is 5.69. The smallest absolute Gasteiger partial charge is 0.0552 e. The van der Waals surface area contributed by atoms with Crippen LogP contribution in [0.3, 0.4) is 0 Å². The van der Waals surface area contributed by atoms with Gasteiger partial charge in [0, 0.05) is 4.47 Å². The summed E-state index contributed by atoms with van der Waals surface area (Å²) in [4.78, 5) is 0. The van der Waals surface area contributed by atoms with Gasteiger partial charge in [0.1, 0.15) is 0 Å². The van der Waals surface area contributed by atoms with Crippen LogP contribution in [0.1, 0.15) is 12.5 Å². The Hall–Kier alpha value is -1.12. The Kier molecular flexibility index (Phi) is 3.97. The number of rotatable bonds is 3. The molecule has 0 aliphatic carbocycles. The number of hydrogen-bond acceptors (Lipinski definition) is 1. The van der Waals surface area contributed by atoms with Crippen LogP contribution in [0.15, 0.2) is 53.0 Å². The molecule has 0 saturated carbocycles. The molecule has 2 heteroatoms. The zero-order valence-corrected chi connectivity index (χ0v) is 11.3. The lowest BCUT2D eigenvalue weighted by Gasteiger charge is -2.11. The maximum atomic E-state index is 9.52. The van der Waals surface area contributed by atoms with Gasteiger partial charge in [0.2, 0.25) is 0 Å². The molecule has 2 aromatic carbocycles. The van der Waals surface area contributed by atoms with Crippen molar-refractivity contribution in [1.29, 1.82) is 0 Å². The first-order valence-corrected chi connectivity index (χ1v) is 6.48. The second-order valence-electron chi connectivity index (χ2n) is 4.22. The molecule has 1 nitrogen and oxygen atoms in total. The average molecular weight is 291 g/mol. The molecular weight excluding hydrogens is 276 g/mol. The standard InChI is InChI=1S/C15H15BrO/c1-11(17)9-12-5-2-3-8-15(12)13-6-4-7-14(16)10-13/h2-8,10-11,17H,9H2,1H3. The molecule has 1 N–H and O–H groups in total. The second kappa shape index (κ2) is 5.48. The molecule has 0 bridgehead atoms. The van der Waals surface area contributed by atoms with E-state index in [1.54, 1.807) is 0 Å². The second-order valence-corrected chi connectivity index (χ2v) is 5.14. The summed E-state index contributed by atoms with van der Waals surface area (Å²) in [6.45, 7) is 1.82. The Morgan fingerprint density at radius 2 is 1.88 bits per heavy atom. The van der Waals surface area contributed by atoms with Crippen LogP contribution in [-0.2, 0) is 6.42 Å². The molecule has 88 valence electrons. The van der Waals surface area contributed by atoms with Crippen molar-refractivity contribution in [2.24, 2.45) is 0 Å². The van der Waals surface area contributed by atoms with Gasteiger partial charge in [0.15, 0.2) is 0 Å². The van der Waals surface area contributed by atoms with Crippen LogP contribution >= 0.6 is 15.9 Å². The van der Waals surface area contributed by atoms with E-state index in [1.165, 1.54) is 16.7 Å². The Labute approximate surface area is 110 Å². The van der Waals surface area contributed by atoms with Gasteiger partial charge in [0.25, 0.3) is 0 Å². The summed E-state index contributed by atoms with van der Waals surface area (Å²) in [5.74, 6) is 0. The maximum Gasteiger partial charge on any atom is 0.0552 e. The van der Waals surface area contributed by atoms with Gasteiger partial charge in [-0.15, -0.1) is 0 Å². The Morgan fingerprint density at radius 1 is 1.12 bits per heavy atom. The molecular formula is C15H15BrO. The summed E-state index contributed by atoms with van der Waals surface area (Å²) < 4.78 is 1.07. The van der Waals surface area contributed by atoms with Crippen LogP contribution in [-0.4, -0.2) is 11.2 Å². The van der Waals surface area contributed by atoms with Crippen molar-refractivity contribution in [2.75, 3.05) is 0 Å². The fraction of sp³-hybridized carbons (Fsp3) is 0.200. The Morgan fingerprint density at radius 3 is 2.59 bits per heavy atom. The minimum absolute atomic E-state index is 0.316. The third-order valence-electron chi connectivity index (χ3n) is 2.67. The maximum absolute atomic E-state index is 9.52. The van der Waals surface area contributed by atoms with Crippen LogP contribution in [0, 0.1) is 0 Å². The van der Waals surface area contributed by atoms with Gasteiger partial charge in [-0.05, 0) is 42.2 Å². The molecule has 0 heterocycles. The molecule has 0 spiro atoms. The van der Waals surface area contributed by atoms with Crippen molar-refractivity contribution in [3.63, 3.8) is 0 Å². The fourth-order valence-electron chi connectivity index (χ4n) is 1.95. The summed E-state index contributed by atoms with van der Waals surface area (Å²) >= 11 is 3.49. The van der Waals surface area contributed by atoms with E-state index in [-0.39, 0.29) is 6.10 Å². The average Bonchev–Trinajstić information content (AvgIpc) is 2.29. The molecule has 1 unspecified atom stereocenters. The van der Waals surface area contributed by atoms with Gasteiger partial charge in [-0.25, -0.2) is 0 Å². The molecule has 0 saturated heterocycles. The van der Waals surface area contributed by atoms with E-state index in [0.717, 1.165) is 4.47 Å². The highest BCUT2D eigenvalue weighted by Gasteiger charge is 2.07. The normalized spacial score (nSPS) is 12.4. The molecule has 0 aliphatic rings. The van der Waals surface area contributed by atoms with E-state index in [2.05, 4.69) is 40.2 Å². The number of aliphatic hydroxyl groups excluding tert-OH is 1. The molecule has 0 fully saturated rings. The molecule has 17 heavy (non-hydrogen) atoms. The van der Waals surface area contributed by atoms with E-state index in [4.69, 9.17) is 0 Å². The highest BCUT2D eigenvalue weighted by Crippen LogP contribution is 2.26. The molecule has 1 atom stereocenters. The van der Waals surface area contributed by atoms with E-state index < -0.39 is 0 Å². The van der Waals surface area contributed by atoms with Crippen molar-refractivity contribution >= 4 is 15.9 Å². The third kappa shape index (κ3) is 3.18. The number of halogens is 1. The minimum atomic E-state index is -0.316. The minimum Gasteiger partial charge on any atom is -0.393 e. The SMILES string of the molecule is CC(O)Cc1ccccc1-c1cccc(Br)c1. The van der Waals surface area contributed by atoms with Crippen molar-refractivity contribution < 1.29 is 5.11 Å². The first kappa shape index (κ1) is 12.3. The van der Waals surface area contributed by atoms with Crippen molar-refractivity contribution in [3.8, 4) is 11.1 Å². The fourth-order valence-corrected chi connectivity index (χ4v) is 2.35. The molecule has 0 aliphatic heterocycles. The Bertz CT molecular complexity index is 506. The summed E-state index contributed by atoms with van der Waals surface area (Å²) in [6.07, 6.45) is 0.367. The van der Waals surface area contributed by atoms with Crippen LogP contribution < -0.4 is 0 Å². The lowest BCUT2D eigenvalue weighted by atomic mass is 9.96. The zero-order chi connectivity index (χ0) is 12.3. The third-order valence-corrected chi connectivity index (χ3v) is 3.16. The van der Waals surface area contributed by atoms with Gasteiger partial charge in [-0.1, -0.05) is 52.3 Å². The van der Waals surface area contributed by atoms with Crippen molar-refractivity contribution in [1.82, 2.24) is 0 Å². The number of aliphatic hydroxyl groups is 1. The lowest BCUT2D eigenvalue weighted by Crippen LogP contribution is -2.05. The molecule has 2 aromatic rings. The lowest BCUT2D eigenvalue weighted by molar-refractivity contribution is 0.195. The highest BCUT2D eigenvalue weighted by molar-refractivity contribution is 9.10. The van der Waals surface area contributed by atoms with Gasteiger partial charge in [-0.2, -0.15) is 0 Å². The monoisotopic (exact) mass is 290 g/mol. The van der Waals surface area contributed by atoms with Crippen molar-refractivity contribution in [2.45, 2.75) is 19.4 Å². The summed E-state index contributed by atoms with van der Waals surface area (Å²) in [5.41, 5.74) is 3.55. The molecule has 0 aromatic heterocycles. The molecule has 0 radical (unpaired) electrons.